The summed E-state index contributed by atoms with van der Waals surface area (Å²) in [6, 6.07) is 0. The molecule has 4 nitrogen and oxygen atoms in total. The maximum atomic E-state index is 10.5. The van der Waals surface area contributed by atoms with Crippen LogP contribution in [0, 0.1) is 23.7 Å². The highest BCUT2D eigenvalue weighted by Gasteiger charge is 2.32. The van der Waals surface area contributed by atoms with Gasteiger partial charge in [0.05, 0.1) is 12.2 Å². The van der Waals surface area contributed by atoms with Crippen molar-refractivity contribution in [2.45, 2.75) is 96.2 Å². The summed E-state index contributed by atoms with van der Waals surface area (Å²) in [4.78, 5) is 10.5. The first-order valence-corrected chi connectivity index (χ1v) is 10.3. The second-order valence-electron chi connectivity index (χ2n) is 7.43. The molecule has 0 aromatic heterocycles. The van der Waals surface area contributed by atoms with Crippen LogP contribution in [0.3, 0.4) is 0 Å². The maximum absolute atomic E-state index is 10.5. The molecule has 0 bridgehead atoms. The maximum Gasteiger partial charge on any atom is 0.303 e. The van der Waals surface area contributed by atoms with Crippen LogP contribution < -0.4 is 0 Å². The number of carboxylic acids is 1. The highest BCUT2D eigenvalue weighted by Crippen LogP contribution is 2.35. The van der Waals surface area contributed by atoms with Crippen molar-refractivity contribution < 1.29 is 20.1 Å². The van der Waals surface area contributed by atoms with Gasteiger partial charge in [0.25, 0.3) is 0 Å². The average Bonchev–Trinajstić information content (AvgIpc) is 2.95. The third kappa shape index (κ3) is 9.99. The lowest BCUT2D eigenvalue weighted by Crippen LogP contribution is -2.17. The molecule has 4 heteroatoms. The Morgan fingerprint density at radius 2 is 1.92 bits per heavy atom. The van der Waals surface area contributed by atoms with Crippen molar-refractivity contribution in [3.63, 3.8) is 0 Å². The van der Waals surface area contributed by atoms with Crippen molar-refractivity contribution in [2.75, 3.05) is 0 Å². The van der Waals surface area contributed by atoms with E-state index >= 15 is 0 Å². The molecule has 0 aromatic carbocycles. The van der Waals surface area contributed by atoms with E-state index in [1.54, 1.807) is 0 Å². The van der Waals surface area contributed by atoms with Crippen LogP contribution in [-0.4, -0.2) is 33.5 Å². The fourth-order valence-electron chi connectivity index (χ4n) is 3.53. The van der Waals surface area contributed by atoms with Crippen molar-refractivity contribution in [3.05, 3.63) is 12.2 Å². The Bertz CT molecular complexity index is 474. The van der Waals surface area contributed by atoms with E-state index in [9.17, 15) is 15.0 Å². The number of aliphatic carboxylic acids is 1. The SMILES string of the molecule is CCCCCCCC(O)/C=C/C1CCC(O)C1CC#CCCCC(=O)O. The molecule has 0 aliphatic heterocycles. The molecule has 0 saturated heterocycles. The minimum Gasteiger partial charge on any atom is -0.481 e. The van der Waals surface area contributed by atoms with Crippen molar-refractivity contribution in [1.82, 2.24) is 0 Å². The van der Waals surface area contributed by atoms with Gasteiger partial charge >= 0.3 is 5.97 Å². The minimum absolute atomic E-state index is 0.120. The van der Waals surface area contributed by atoms with E-state index in [1.165, 1.54) is 25.7 Å². The Labute approximate surface area is 158 Å². The Hall–Kier alpha value is -1.31. The number of aliphatic hydroxyl groups is 2. The second-order valence-corrected chi connectivity index (χ2v) is 7.43. The van der Waals surface area contributed by atoms with Crippen LogP contribution in [-0.2, 0) is 4.79 Å². The fraction of sp³-hybridized carbons (Fsp3) is 0.773. The van der Waals surface area contributed by atoms with Gasteiger partial charge in [-0.15, -0.1) is 11.8 Å². The molecule has 0 amide bonds. The topological polar surface area (TPSA) is 77.8 Å². The Kier molecular flexibility index (Phi) is 12.1. The quantitative estimate of drug-likeness (QED) is 0.274. The number of rotatable bonds is 12. The van der Waals surface area contributed by atoms with Gasteiger partial charge in [-0.3, -0.25) is 4.79 Å². The summed E-state index contributed by atoms with van der Waals surface area (Å²) < 4.78 is 0. The smallest absolute Gasteiger partial charge is 0.303 e. The van der Waals surface area contributed by atoms with E-state index in [2.05, 4.69) is 24.8 Å². The van der Waals surface area contributed by atoms with Crippen LogP contribution in [0.2, 0.25) is 0 Å². The van der Waals surface area contributed by atoms with Crippen LogP contribution in [0.1, 0.15) is 84.0 Å². The molecular formula is C22H36O4. The first-order chi connectivity index (χ1) is 12.5. The number of carbonyl (C=O) groups is 1. The molecule has 1 aliphatic carbocycles. The van der Waals surface area contributed by atoms with Crippen LogP contribution in [0.4, 0.5) is 0 Å². The summed E-state index contributed by atoms with van der Waals surface area (Å²) in [5.74, 6) is 5.73. The molecule has 4 unspecified atom stereocenters. The van der Waals surface area contributed by atoms with Gasteiger partial charge in [0.1, 0.15) is 0 Å². The van der Waals surface area contributed by atoms with Crippen molar-refractivity contribution in [3.8, 4) is 11.8 Å². The third-order valence-electron chi connectivity index (χ3n) is 5.18. The van der Waals surface area contributed by atoms with Crippen molar-refractivity contribution in [2.24, 2.45) is 11.8 Å². The predicted octanol–water partition coefficient (Wildman–Crippen LogP) is 4.30. The number of carboxylic acid groups (broad SMARTS) is 1. The zero-order valence-corrected chi connectivity index (χ0v) is 16.2. The zero-order chi connectivity index (χ0) is 19.2. The number of hydrogen-bond acceptors (Lipinski definition) is 3. The number of hydrogen-bond donors (Lipinski definition) is 3. The molecule has 1 saturated carbocycles. The van der Waals surface area contributed by atoms with Crippen molar-refractivity contribution in [1.29, 1.82) is 0 Å². The first kappa shape index (κ1) is 22.7. The molecule has 4 atom stereocenters. The molecule has 3 N–H and O–H groups in total. The molecule has 0 spiro atoms. The average molecular weight is 365 g/mol. The van der Waals surface area contributed by atoms with Gasteiger partial charge in [-0.2, -0.15) is 0 Å². The van der Waals surface area contributed by atoms with Crippen LogP contribution in [0.5, 0.6) is 0 Å². The van der Waals surface area contributed by atoms with Gasteiger partial charge < -0.3 is 15.3 Å². The first-order valence-electron chi connectivity index (χ1n) is 10.3. The normalized spacial score (nSPS) is 23.7. The van der Waals surface area contributed by atoms with Gasteiger partial charge in [0.15, 0.2) is 0 Å². The Morgan fingerprint density at radius 1 is 1.15 bits per heavy atom. The van der Waals surface area contributed by atoms with E-state index in [4.69, 9.17) is 5.11 Å². The van der Waals surface area contributed by atoms with Gasteiger partial charge in [-0.05, 0) is 31.6 Å². The highest BCUT2D eigenvalue weighted by atomic mass is 16.4. The molecule has 1 fully saturated rings. The number of aliphatic hydroxyl groups excluding tert-OH is 2. The zero-order valence-electron chi connectivity index (χ0n) is 16.2. The lowest BCUT2D eigenvalue weighted by Gasteiger charge is -2.17. The molecule has 0 heterocycles. The van der Waals surface area contributed by atoms with Crippen molar-refractivity contribution >= 4 is 5.97 Å². The lowest BCUT2D eigenvalue weighted by atomic mass is 9.91. The monoisotopic (exact) mass is 364 g/mol. The van der Waals surface area contributed by atoms with E-state index in [-0.39, 0.29) is 24.4 Å². The predicted molar refractivity (Wildman–Crippen MR) is 105 cm³/mol. The highest BCUT2D eigenvalue weighted by molar-refractivity contribution is 5.66. The van der Waals surface area contributed by atoms with Crippen LogP contribution in [0.25, 0.3) is 0 Å². The summed E-state index contributed by atoms with van der Waals surface area (Å²) in [6.07, 6.45) is 13.7. The van der Waals surface area contributed by atoms with Crippen LogP contribution >= 0.6 is 0 Å². The fourth-order valence-corrected chi connectivity index (χ4v) is 3.53. The summed E-state index contributed by atoms with van der Waals surface area (Å²) in [5.41, 5.74) is 0. The summed E-state index contributed by atoms with van der Waals surface area (Å²) in [7, 11) is 0. The molecule has 1 rings (SSSR count). The summed E-state index contributed by atoms with van der Waals surface area (Å²) in [5, 5.41) is 28.9. The van der Waals surface area contributed by atoms with Gasteiger partial charge in [-0.1, -0.05) is 51.2 Å². The van der Waals surface area contributed by atoms with Gasteiger partial charge in [0.2, 0.25) is 0 Å². The molecule has 1 aliphatic rings. The number of allylic oxidation sites excluding steroid dienone is 1. The van der Waals surface area contributed by atoms with E-state index < -0.39 is 12.1 Å². The summed E-state index contributed by atoms with van der Waals surface area (Å²) >= 11 is 0. The third-order valence-corrected chi connectivity index (χ3v) is 5.18. The Balaban J connectivity index is 2.33. The lowest BCUT2D eigenvalue weighted by molar-refractivity contribution is -0.137. The minimum atomic E-state index is -0.785. The second kappa shape index (κ2) is 13.8. The molecule has 0 radical (unpaired) electrons. The molecule has 148 valence electrons. The largest absolute Gasteiger partial charge is 0.481 e. The molecule has 26 heavy (non-hydrogen) atoms. The molecule has 0 aromatic rings. The summed E-state index contributed by atoms with van der Waals surface area (Å²) in [6.45, 7) is 2.20. The number of unbranched alkanes of at least 4 members (excludes halogenated alkanes) is 5. The van der Waals surface area contributed by atoms with E-state index in [0.29, 0.717) is 19.3 Å². The van der Waals surface area contributed by atoms with Crippen LogP contribution in [0.15, 0.2) is 12.2 Å². The van der Waals surface area contributed by atoms with E-state index in [0.717, 1.165) is 25.7 Å². The Morgan fingerprint density at radius 3 is 2.65 bits per heavy atom. The molecular weight excluding hydrogens is 328 g/mol. The standard InChI is InChI=1S/C22H36O4/c1-2-3-4-5-8-11-19(23)16-14-18-15-17-21(24)20(18)12-9-6-7-10-13-22(25)26/h14,16,18-21,23-24H,2-5,7-8,10-13,15,17H2,1H3,(H,25,26)/b16-14+. The van der Waals surface area contributed by atoms with E-state index in [1.807, 2.05) is 6.08 Å². The van der Waals surface area contributed by atoms with Gasteiger partial charge in [-0.25, -0.2) is 0 Å². The van der Waals surface area contributed by atoms with Gasteiger partial charge in [0, 0.05) is 25.2 Å².